The molecule has 0 radical (unpaired) electrons. The largest absolute Gasteiger partial charge is 0.497 e. The van der Waals surface area contributed by atoms with Gasteiger partial charge in [0.2, 0.25) is 11.9 Å². The van der Waals surface area contributed by atoms with Gasteiger partial charge >= 0.3 is 6.03 Å². The zero-order chi connectivity index (χ0) is 30.3. The highest BCUT2D eigenvalue weighted by molar-refractivity contribution is 6.29. The number of carbonyl (C=O) groups is 2. The molecule has 4 aromatic rings. The van der Waals surface area contributed by atoms with Gasteiger partial charge < -0.3 is 29.9 Å². The van der Waals surface area contributed by atoms with Crippen LogP contribution < -0.4 is 25.0 Å². The number of methoxy groups -OCH3 is 2. The van der Waals surface area contributed by atoms with E-state index in [1.807, 2.05) is 36.1 Å². The summed E-state index contributed by atoms with van der Waals surface area (Å²) < 4.78 is 12.2. The number of benzene rings is 2. The Morgan fingerprint density at radius 2 is 1.84 bits per heavy atom. The maximum absolute atomic E-state index is 13.4. The normalized spacial score (nSPS) is 15.5. The summed E-state index contributed by atoms with van der Waals surface area (Å²) in [6, 6.07) is 15.4. The van der Waals surface area contributed by atoms with E-state index in [1.54, 1.807) is 72.7 Å². The molecule has 1 aliphatic heterocycles. The van der Waals surface area contributed by atoms with Gasteiger partial charge in [-0.2, -0.15) is 4.98 Å². The molecule has 3 heterocycles. The van der Waals surface area contributed by atoms with E-state index in [4.69, 9.17) is 26.1 Å². The Morgan fingerprint density at radius 1 is 1.05 bits per heavy atom. The Hall–Kier alpha value is -4.84. The summed E-state index contributed by atoms with van der Waals surface area (Å²) in [4.78, 5) is 43.5. The number of rotatable bonds is 9. The van der Waals surface area contributed by atoms with E-state index in [2.05, 4.69) is 20.6 Å². The summed E-state index contributed by atoms with van der Waals surface area (Å²) in [6.07, 6.45) is 5.05. The highest BCUT2D eigenvalue weighted by atomic mass is 35.5. The maximum atomic E-state index is 13.4. The number of nitrogens with one attached hydrogen (secondary N) is 2. The van der Waals surface area contributed by atoms with Crippen molar-refractivity contribution in [1.82, 2.24) is 29.7 Å². The lowest BCUT2D eigenvalue weighted by Crippen LogP contribution is -2.57. The van der Waals surface area contributed by atoms with Gasteiger partial charge in [0.15, 0.2) is 0 Å². The highest BCUT2D eigenvalue weighted by Crippen LogP contribution is 2.26. The Labute approximate surface area is 254 Å². The number of imidazole rings is 1. The van der Waals surface area contributed by atoms with Crippen LogP contribution in [0.2, 0.25) is 5.15 Å². The molecule has 224 valence electrons. The van der Waals surface area contributed by atoms with E-state index in [0.717, 1.165) is 5.56 Å². The molecular formula is C30H33ClN8O4. The van der Waals surface area contributed by atoms with Gasteiger partial charge in [-0.05, 0) is 48.9 Å². The fourth-order valence-corrected chi connectivity index (χ4v) is 5.11. The quantitative estimate of drug-likeness (QED) is 0.271. The van der Waals surface area contributed by atoms with E-state index in [9.17, 15) is 9.59 Å². The summed E-state index contributed by atoms with van der Waals surface area (Å²) in [6.45, 7) is 3.03. The third kappa shape index (κ3) is 7.33. The SMILES string of the molecule is COc1ccc(NC(=O)N2CCN(c3cc(Cl)nc(-n4ccnc4)n3)C(CC(=O)NC(C)c3cccc(OC)c3)C2)cc1. The average molecular weight is 605 g/mol. The van der Waals surface area contributed by atoms with Gasteiger partial charge in [0, 0.05) is 50.2 Å². The highest BCUT2D eigenvalue weighted by Gasteiger charge is 2.33. The third-order valence-electron chi connectivity index (χ3n) is 7.20. The molecule has 12 nitrogen and oxygen atoms in total. The molecule has 1 fully saturated rings. The molecular weight excluding hydrogens is 572 g/mol. The van der Waals surface area contributed by atoms with Crippen LogP contribution in [0.3, 0.4) is 0 Å². The molecule has 0 spiro atoms. The van der Waals surface area contributed by atoms with Crippen LogP contribution >= 0.6 is 11.6 Å². The zero-order valence-corrected chi connectivity index (χ0v) is 24.9. The molecule has 0 bridgehead atoms. The number of anilines is 2. The number of aromatic nitrogens is 4. The first-order valence-electron chi connectivity index (χ1n) is 13.8. The van der Waals surface area contributed by atoms with Crippen molar-refractivity contribution >= 4 is 35.0 Å². The third-order valence-corrected chi connectivity index (χ3v) is 7.40. The van der Waals surface area contributed by atoms with E-state index in [1.165, 1.54) is 0 Å². The Bertz CT molecular complexity index is 1550. The molecule has 2 N–H and O–H groups in total. The number of hydrogen-bond acceptors (Lipinski definition) is 8. The van der Waals surface area contributed by atoms with Crippen LogP contribution in [-0.2, 0) is 4.79 Å². The van der Waals surface area contributed by atoms with Gasteiger partial charge in [-0.25, -0.2) is 14.8 Å². The summed E-state index contributed by atoms with van der Waals surface area (Å²) in [5.41, 5.74) is 1.56. The lowest BCUT2D eigenvalue weighted by atomic mass is 10.1. The second-order valence-electron chi connectivity index (χ2n) is 10.0. The topological polar surface area (TPSA) is 127 Å². The van der Waals surface area contributed by atoms with Gasteiger partial charge in [-0.1, -0.05) is 23.7 Å². The van der Waals surface area contributed by atoms with Crippen LogP contribution in [0.25, 0.3) is 5.95 Å². The smallest absolute Gasteiger partial charge is 0.321 e. The van der Waals surface area contributed by atoms with Crippen molar-refractivity contribution in [2.75, 3.05) is 44.1 Å². The number of halogens is 1. The van der Waals surface area contributed by atoms with E-state index < -0.39 is 6.04 Å². The van der Waals surface area contributed by atoms with Crippen molar-refractivity contribution in [2.45, 2.75) is 25.4 Å². The van der Waals surface area contributed by atoms with Crippen LogP contribution in [-0.4, -0.2) is 76.3 Å². The van der Waals surface area contributed by atoms with Crippen molar-refractivity contribution in [1.29, 1.82) is 0 Å². The van der Waals surface area contributed by atoms with Crippen molar-refractivity contribution < 1.29 is 19.1 Å². The van der Waals surface area contributed by atoms with E-state index in [0.29, 0.717) is 42.0 Å². The fraction of sp³-hybridized carbons (Fsp3) is 0.300. The Morgan fingerprint density at radius 3 is 2.56 bits per heavy atom. The van der Waals surface area contributed by atoms with Crippen LogP contribution in [0.1, 0.15) is 24.9 Å². The number of urea groups is 1. The summed E-state index contributed by atoms with van der Waals surface area (Å²) in [5.74, 6) is 2.15. The zero-order valence-electron chi connectivity index (χ0n) is 24.1. The van der Waals surface area contributed by atoms with Gasteiger partial charge in [0.25, 0.3) is 0 Å². The molecule has 1 saturated heterocycles. The second-order valence-corrected chi connectivity index (χ2v) is 10.4. The number of carbonyl (C=O) groups excluding carboxylic acids is 2. The molecule has 2 unspecified atom stereocenters. The molecule has 1 aliphatic rings. The minimum atomic E-state index is -0.394. The van der Waals surface area contributed by atoms with Crippen LogP contribution in [0.15, 0.2) is 73.3 Å². The molecule has 2 aromatic carbocycles. The number of nitrogens with zero attached hydrogens (tertiary/aromatic N) is 6. The average Bonchev–Trinajstić information content (AvgIpc) is 3.56. The first-order chi connectivity index (χ1) is 20.8. The van der Waals surface area contributed by atoms with Crippen molar-refractivity contribution in [3.05, 3.63) is 84.0 Å². The number of amides is 3. The van der Waals surface area contributed by atoms with Crippen LogP contribution in [0.5, 0.6) is 11.5 Å². The minimum Gasteiger partial charge on any atom is -0.497 e. The van der Waals surface area contributed by atoms with Crippen molar-refractivity contribution in [3.63, 3.8) is 0 Å². The van der Waals surface area contributed by atoms with E-state index in [-0.39, 0.29) is 36.1 Å². The van der Waals surface area contributed by atoms with Crippen molar-refractivity contribution in [3.8, 4) is 17.4 Å². The maximum Gasteiger partial charge on any atom is 0.321 e. The monoisotopic (exact) mass is 604 g/mol. The summed E-state index contributed by atoms with van der Waals surface area (Å²) in [7, 11) is 3.19. The number of ether oxygens (including phenoxy) is 2. The first-order valence-corrected chi connectivity index (χ1v) is 14.1. The van der Waals surface area contributed by atoms with Gasteiger partial charge in [0.1, 0.15) is 28.8 Å². The summed E-state index contributed by atoms with van der Waals surface area (Å²) in [5, 5.41) is 6.27. The predicted molar refractivity (Wildman–Crippen MR) is 163 cm³/mol. The fourth-order valence-electron chi connectivity index (χ4n) is 4.94. The lowest BCUT2D eigenvalue weighted by Gasteiger charge is -2.42. The predicted octanol–water partition coefficient (Wildman–Crippen LogP) is 4.32. The second kappa shape index (κ2) is 13.4. The molecule has 5 rings (SSSR count). The van der Waals surface area contributed by atoms with Crippen LogP contribution in [0, 0.1) is 0 Å². The molecule has 0 aliphatic carbocycles. The molecule has 2 atom stereocenters. The van der Waals surface area contributed by atoms with Gasteiger partial charge in [-0.3, -0.25) is 9.36 Å². The van der Waals surface area contributed by atoms with Crippen molar-refractivity contribution in [2.24, 2.45) is 0 Å². The molecule has 43 heavy (non-hydrogen) atoms. The minimum absolute atomic E-state index is 0.114. The van der Waals surface area contributed by atoms with Crippen LogP contribution in [0.4, 0.5) is 16.3 Å². The lowest BCUT2D eigenvalue weighted by molar-refractivity contribution is -0.122. The first kappa shape index (κ1) is 29.6. The molecule has 0 saturated carbocycles. The number of hydrogen-bond donors (Lipinski definition) is 2. The molecule has 3 amide bonds. The van der Waals surface area contributed by atoms with Gasteiger partial charge in [0.05, 0.1) is 26.3 Å². The Kier molecular flexibility index (Phi) is 9.26. The summed E-state index contributed by atoms with van der Waals surface area (Å²) >= 11 is 6.41. The molecule has 2 aromatic heterocycles. The number of piperazine rings is 1. The van der Waals surface area contributed by atoms with Gasteiger partial charge in [-0.15, -0.1) is 0 Å². The van der Waals surface area contributed by atoms with E-state index >= 15 is 0 Å². The standard InChI is InChI=1S/C30H33ClN8O4/c1-20(21-5-4-6-25(15-21)43-3)33-28(40)16-23-18-37(30(41)34-22-7-9-24(42-2)10-8-22)13-14-39(23)27-17-26(31)35-29(36-27)38-12-11-32-19-38/h4-12,15,17,19-20,23H,13-14,16,18H2,1-3H3,(H,33,40)(H,34,41). The molecule has 13 heteroatoms. The Balaban J connectivity index is 1.35.